The molecule has 102 valence electrons. The highest BCUT2D eigenvalue weighted by Gasteiger charge is 2.28. The number of nitriles is 1. The number of carbonyl (C=O) groups excluding carboxylic acids is 1. The van der Waals surface area contributed by atoms with E-state index in [2.05, 4.69) is 0 Å². The lowest BCUT2D eigenvalue weighted by atomic mass is 10.2. The zero-order valence-corrected chi connectivity index (χ0v) is 10.1. The van der Waals surface area contributed by atoms with Crippen molar-refractivity contribution in [2.75, 3.05) is 13.6 Å². The summed E-state index contributed by atoms with van der Waals surface area (Å²) in [5.74, 6) is -0.489. The Morgan fingerprint density at radius 1 is 1.58 bits per heavy atom. The highest BCUT2D eigenvalue weighted by molar-refractivity contribution is 6.01. The molecule has 0 spiro atoms. The molecular formula is C12H11F3N2O2. The fraction of sp³-hybridized carbons (Fsp3) is 0.333. The summed E-state index contributed by atoms with van der Waals surface area (Å²) < 4.78 is 41.0. The van der Waals surface area contributed by atoms with Crippen LogP contribution < -0.4 is 0 Å². The van der Waals surface area contributed by atoms with Gasteiger partial charge in [0.25, 0.3) is 5.91 Å². The van der Waals surface area contributed by atoms with Gasteiger partial charge in [-0.3, -0.25) is 4.79 Å². The van der Waals surface area contributed by atoms with Gasteiger partial charge in [-0.25, -0.2) is 0 Å². The number of amides is 1. The molecule has 0 atom stereocenters. The summed E-state index contributed by atoms with van der Waals surface area (Å²) in [6, 6.07) is 4.74. The first kappa shape index (κ1) is 14.8. The van der Waals surface area contributed by atoms with Crippen LogP contribution in [0.3, 0.4) is 0 Å². The number of furan rings is 1. The standard InChI is InChI=1S/C12H11F3N2O2/c1-17(5-4-12(13,14)15)11(18)9(8-16)7-10-3-2-6-19-10/h2-3,6-7H,4-5H2,1H3/b9-7-. The molecule has 0 fully saturated rings. The third-order valence-electron chi connectivity index (χ3n) is 2.26. The zero-order chi connectivity index (χ0) is 14.5. The van der Waals surface area contributed by atoms with E-state index in [1.165, 1.54) is 25.5 Å². The van der Waals surface area contributed by atoms with Crippen molar-refractivity contribution in [3.8, 4) is 6.07 Å². The van der Waals surface area contributed by atoms with Crippen molar-refractivity contribution < 1.29 is 22.4 Å². The smallest absolute Gasteiger partial charge is 0.390 e. The summed E-state index contributed by atoms with van der Waals surface area (Å²) in [5, 5.41) is 8.84. The molecule has 1 rings (SSSR count). The van der Waals surface area contributed by atoms with Gasteiger partial charge in [0.1, 0.15) is 17.4 Å². The van der Waals surface area contributed by atoms with Crippen molar-refractivity contribution in [1.29, 1.82) is 5.26 Å². The molecule has 0 aliphatic carbocycles. The number of hydrogen-bond acceptors (Lipinski definition) is 3. The summed E-state index contributed by atoms with van der Waals surface area (Å²) in [6.45, 7) is -0.500. The fourth-order valence-electron chi connectivity index (χ4n) is 1.26. The van der Waals surface area contributed by atoms with Gasteiger partial charge in [-0.05, 0) is 12.1 Å². The monoisotopic (exact) mass is 272 g/mol. The van der Waals surface area contributed by atoms with Crippen LogP contribution in [0.25, 0.3) is 6.08 Å². The Bertz CT molecular complexity index is 498. The van der Waals surface area contributed by atoms with Crippen LogP contribution in [0.5, 0.6) is 0 Å². The quantitative estimate of drug-likeness (QED) is 0.625. The zero-order valence-electron chi connectivity index (χ0n) is 10.1. The van der Waals surface area contributed by atoms with E-state index in [1.807, 2.05) is 0 Å². The Hall–Kier alpha value is -2.23. The van der Waals surface area contributed by atoms with E-state index < -0.39 is 25.0 Å². The summed E-state index contributed by atoms with van der Waals surface area (Å²) in [5.41, 5.74) is -0.278. The van der Waals surface area contributed by atoms with Crippen molar-refractivity contribution >= 4 is 12.0 Å². The predicted molar refractivity (Wildman–Crippen MR) is 60.6 cm³/mol. The summed E-state index contributed by atoms with van der Waals surface area (Å²) in [6.07, 6.45) is -2.91. The molecular weight excluding hydrogens is 261 g/mol. The first-order valence-electron chi connectivity index (χ1n) is 5.31. The highest BCUT2D eigenvalue weighted by Crippen LogP contribution is 2.20. The average molecular weight is 272 g/mol. The number of likely N-dealkylation sites (N-methyl/N-ethyl adjacent to an activating group) is 1. The Kier molecular flexibility index (Phi) is 4.75. The second-order valence-electron chi connectivity index (χ2n) is 3.78. The molecule has 0 unspecified atom stereocenters. The molecule has 7 heteroatoms. The molecule has 1 aromatic rings. The van der Waals surface area contributed by atoms with Gasteiger partial charge in [-0.1, -0.05) is 0 Å². The van der Waals surface area contributed by atoms with Gasteiger partial charge in [-0.15, -0.1) is 0 Å². The number of nitrogens with zero attached hydrogens (tertiary/aromatic N) is 2. The molecule has 19 heavy (non-hydrogen) atoms. The molecule has 1 aromatic heterocycles. The van der Waals surface area contributed by atoms with Crippen LogP contribution >= 0.6 is 0 Å². The first-order chi connectivity index (χ1) is 8.83. The van der Waals surface area contributed by atoms with Gasteiger partial charge in [0.2, 0.25) is 0 Å². The van der Waals surface area contributed by atoms with Crippen molar-refractivity contribution in [2.45, 2.75) is 12.6 Å². The Balaban J connectivity index is 2.72. The Morgan fingerprint density at radius 3 is 2.74 bits per heavy atom. The van der Waals surface area contributed by atoms with E-state index in [0.29, 0.717) is 0 Å². The number of hydrogen-bond donors (Lipinski definition) is 0. The average Bonchev–Trinajstić information content (AvgIpc) is 2.84. The molecule has 0 N–H and O–H groups in total. The Morgan fingerprint density at radius 2 is 2.26 bits per heavy atom. The van der Waals surface area contributed by atoms with Crippen LogP contribution in [0, 0.1) is 11.3 Å². The van der Waals surface area contributed by atoms with Crippen LogP contribution in [0.4, 0.5) is 13.2 Å². The van der Waals surface area contributed by atoms with Crippen LogP contribution in [-0.2, 0) is 4.79 Å². The van der Waals surface area contributed by atoms with Crippen molar-refractivity contribution in [2.24, 2.45) is 0 Å². The minimum absolute atomic E-state index is 0.278. The second kappa shape index (κ2) is 6.09. The summed E-state index contributed by atoms with van der Waals surface area (Å²) in [4.78, 5) is 12.6. The normalized spacial score (nSPS) is 12.1. The molecule has 0 aromatic carbocycles. The predicted octanol–water partition coefficient (Wildman–Crippen LogP) is 2.60. The maximum atomic E-state index is 12.0. The first-order valence-corrected chi connectivity index (χ1v) is 5.31. The SMILES string of the molecule is CN(CCC(F)(F)F)C(=O)/C(C#N)=C\c1ccco1. The van der Waals surface area contributed by atoms with Crippen LogP contribution in [0.1, 0.15) is 12.2 Å². The van der Waals surface area contributed by atoms with Gasteiger partial charge >= 0.3 is 6.18 Å². The van der Waals surface area contributed by atoms with E-state index in [-0.39, 0.29) is 11.3 Å². The number of carbonyl (C=O) groups is 1. The molecule has 0 bridgehead atoms. The van der Waals surface area contributed by atoms with E-state index in [9.17, 15) is 18.0 Å². The fourth-order valence-corrected chi connectivity index (χ4v) is 1.26. The largest absolute Gasteiger partial charge is 0.465 e. The van der Waals surface area contributed by atoms with Gasteiger partial charge in [0.05, 0.1) is 12.7 Å². The maximum Gasteiger partial charge on any atom is 0.390 e. The summed E-state index contributed by atoms with van der Waals surface area (Å²) in [7, 11) is 1.21. The van der Waals surface area contributed by atoms with Crippen molar-refractivity contribution in [3.63, 3.8) is 0 Å². The second-order valence-corrected chi connectivity index (χ2v) is 3.78. The van der Waals surface area contributed by atoms with E-state index in [4.69, 9.17) is 9.68 Å². The van der Waals surface area contributed by atoms with E-state index >= 15 is 0 Å². The molecule has 1 heterocycles. The molecule has 4 nitrogen and oxygen atoms in total. The lowest BCUT2D eigenvalue weighted by Crippen LogP contribution is -2.31. The topological polar surface area (TPSA) is 57.2 Å². The molecule has 0 radical (unpaired) electrons. The third kappa shape index (κ3) is 4.87. The van der Waals surface area contributed by atoms with Gasteiger partial charge in [0, 0.05) is 19.7 Å². The maximum absolute atomic E-state index is 12.0. The molecule has 0 aliphatic rings. The van der Waals surface area contributed by atoms with Crippen LogP contribution in [-0.4, -0.2) is 30.6 Å². The molecule has 1 amide bonds. The highest BCUT2D eigenvalue weighted by atomic mass is 19.4. The van der Waals surface area contributed by atoms with E-state index in [1.54, 1.807) is 12.1 Å². The molecule has 0 saturated heterocycles. The van der Waals surface area contributed by atoms with Gasteiger partial charge in [-0.2, -0.15) is 18.4 Å². The van der Waals surface area contributed by atoms with Crippen LogP contribution in [0.15, 0.2) is 28.4 Å². The third-order valence-corrected chi connectivity index (χ3v) is 2.26. The minimum Gasteiger partial charge on any atom is -0.465 e. The number of rotatable bonds is 4. The van der Waals surface area contributed by atoms with Crippen molar-refractivity contribution in [3.05, 3.63) is 29.7 Å². The Labute approximate surface area is 107 Å². The number of halogens is 3. The molecule has 0 aliphatic heterocycles. The van der Waals surface area contributed by atoms with Gasteiger partial charge < -0.3 is 9.32 Å². The number of alkyl halides is 3. The molecule has 0 saturated carbocycles. The lowest BCUT2D eigenvalue weighted by Gasteiger charge is -2.17. The lowest BCUT2D eigenvalue weighted by molar-refractivity contribution is -0.142. The summed E-state index contributed by atoms with van der Waals surface area (Å²) >= 11 is 0. The van der Waals surface area contributed by atoms with Gasteiger partial charge in [0.15, 0.2) is 0 Å². The van der Waals surface area contributed by atoms with Crippen LogP contribution in [0.2, 0.25) is 0 Å². The van der Waals surface area contributed by atoms with E-state index in [0.717, 1.165) is 4.90 Å². The van der Waals surface area contributed by atoms with Crippen molar-refractivity contribution in [1.82, 2.24) is 4.90 Å². The minimum atomic E-state index is -4.34.